The van der Waals surface area contributed by atoms with E-state index in [9.17, 15) is 4.79 Å². The van der Waals surface area contributed by atoms with Crippen LogP contribution in [0.4, 0.5) is 16.3 Å². The number of hydrogen-bond acceptors (Lipinski definition) is 7. The number of hydrogen-bond donors (Lipinski definition) is 3. The Bertz CT molecular complexity index is 1140. The van der Waals surface area contributed by atoms with Crippen molar-refractivity contribution in [3.05, 3.63) is 53.1 Å². The number of fused-ring (bicyclic) bond motifs is 3. The number of alkyl carbamates (subject to hydrolysis) is 1. The standard InChI is InChI=1S/C25H30N4O5/c1-4-33-21-14-17-13-20-23(28-29-24(20)27-18-7-5-6-16(2)12-18)19(17)15-22(21)34-11-10-32-9-8-26-25(30)31-3/h5-7,12,14-15H,4,8-11,13H2,1-3H3,(H,26,30)(H2,27,28,29). The normalized spacial score (nSPS) is 11.5. The summed E-state index contributed by atoms with van der Waals surface area (Å²) in [6.45, 7) is 6.03. The van der Waals surface area contributed by atoms with Gasteiger partial charge in [-0.3, -0.25) is 5.10 Å². The number of aromatic nitrogens is 2. The first kappa shape index (κ1) is 23.4. The topological polar surface area (TPSA) is 107 Å². The van der Waals surface area contributed by atoms with Gasteiger partial charge in [0.25, 0.3) is 0 Å². The number of nitrogens with zero attached hydrogens (tertiary/aromatic N) is 1. The van der Waals surface area contributed by atoms with Gasteiger partial charge in [-0.25, -0.2) is 4.79 Å². The third kappa shape index (κ3) is 5.43. The fourth-order valence-electron chi connectivity index (χ4n) is 3.89. The van der Waals surface area contributed by atoms with E-state index in [-0.39, 0.29) is 0 Å². The molecule has 0 spiro atoms. The van der Waals surface area contributed by atoms with E-state index in [4.69, 9.17) is 14.2 Å². The highest BCUT2D eigenvalue weighted by atomic mass is 16.5. The van der Waals surface area contributed by atoms with Crippen molar-refractivity contribution >= 4 is 17.6 Å². The molecule has 4 rings (SSSR count). The lowest BCUT2D eigenvalue weighted by atomic mass is 10.1. The van der Waals surface area contributed by atoms with Crippen molar-refractivity contribution in [2.45, 2.75) is 20.3 Å². The lowest BCUT2D eigenvalue weighted by molar-refractivity contribution is 0.0983. The summed E-state index contributed by atoms with van der Waals surface area (Å²) in [6, 6.07) is 12.3. The number of nitrogens with one attached hydrogen (secondary N) is 3. The number of methoxy groups -OCH3 is 1. The molecule has 2 aromatic carbocycles. The molecule has 3 aromatic rings. The molecule has 0 saturated carbocycles. The Morgan fingerprint density at radius 3 is 2.76 bits per heavy atom. The Morgan fingerprint density at radius 1 is 1.12 bits per heavy atom. The summed E-state index contributed by atoms with van der Waals surface area (Å²) in [5.41, 5.74) is 6.53. The van der Waals surface area contributed by atoms with E-state index in [1.54, 1.807) is 0 Å². The maximum absolute atomic E-state index is 11.0. The molecule has 1 aromatic heterocycles. The first-order chi connectivity index (χ1) is 16.6. The molecule has 1 aliphatic carbocycles. The Morgan fingerprint density at radius 2 is 1.97 bits per heavy atom. The number of benzene rings is 2. The van der Waals surface area contributed by atoms with E-state index in [0.29, 0.717) is 44.5 Å². The van der Waals surface area contributed by atoms with Gasteiger partial charge in [-0.2, -0.15) is 5.10 Å². The van der Waals surface area contributed by atoms with E-state index >= 15 is 0 Å². The highest BCUT2D eigenvalue weighted by Gasteiger charge is 2.27. The van der Waals surface area contributed by atoms with Crippen molar-refractivity contribution in [2.75, 3.05) is 45.4 Å². The van der Waals surface area contributed by atoms with Crippen LogP contribution >= 0.6 is 0 Å². The lowest BCUT2D eigenvalue weighted by Crippen LogP contribution is -2.27. The number of carbonyl (C=O) groups excluding carboxylic acids is 1. The van der Waals surface area contributed by atoms with Crippen LogP contribution in [0.15, 0.2) is 36.4 Å². The largest absolute Gasteiger partial charge is 0.490 e. The summed E-state index contributed by atoms with van der Waals surface area (Å²) >= 11 is 0. The molecule has 1 amide bonds. The molecule has 0 radical (unpaired) electrons. The van der Waals surface area contributed by atoms with Crippen LogP contribution in [-0.4, -0.2) is 56.4 Å². The second-order valence-corrected chi connectivity index (χ2v) is 7.87. The number of ether oxygens (including phenoxy) is 4. The molecule has 0 fully saturated rings. The predicted octanol–water partition coefficient (Wildman–Crippen LogP) is 4.18. The van der Waals surface area contributed by atoms with Gasteiger partial charge in [0.1, 0.15) is 6.61 Å². The van der Waals surface area contributed by atoms with E-state index in [1.807, 2.05) is 31.2 Å². The Hall–Kier alpha value is -3.72. The molecule has 9 heteroatoms. The molecule has 34 heavy (non-hydrogen) atoms. The lowest BCUT2D eigenvalue weighted by Gasteiger charge is -2.14. The maximum atomic E-state index is 11.0. The van der Waals surface area contributed by atoms with Gasteiger partial charge in [0.2, 0.25) is 0 Å². The minimum Gasteiger partial charge on any atom is -0.490 e. The van der Waals surface area contributed by atoms with Gasteiger partial charge in [-0.1, -0.05) is 12.1 Å². The number of amides is 1. The van der Waals surface area contributed by atoms with Crippen LogP contribution in [-0.2, 0) is 15.9 Å². The molecule has 0 aliphatic heterocycles. The van der Waals surface area contributed by atoms with Crippen LogP contribution in [0.25, 0.3) is 11.3 Å². The monoisotopic (exact) mass is 466 g/mol. The molecular weight excluding hydrogens is 436 g/mol. The summed E-state index contributed by atoms with van der Waals surface area (Å²) in [5, 5.41) is 13.7. The smallest absolute Gasteiger partial charge is 0.406 e. The second kappa shape index (κ2) is 10.9. The molecule has 0 unspecified atom stereocenters. The van der Waals surface area contributed by atoms with Gasteiger partial charge in [-0.15, -0.1) is 0 Å². The van der Waals surface area contributed by atoms with Crippen LogP contribution < -0.4 is 20.1 Å². The molecule has 180 valence electrons. The highest BCUT2D eigenvalue weighted by molar-refractivity contribution is 5.81. The number of rotatable bonds is 11. The van der Waals surface area contributed by atoms with Crippen molar-refractivity contribution in [1.29, 1.82) is 0 Å². The zero-order chi connectivity index (χ0) is 23.9. The third-order valence-corrected chi connectivity index (χ3v) is 5.44. The van der Waals surface area contributed by atoms with Crippen LogP contribution in [0.2, 0.25) is 0 Å². The molecule has 0 bridgehead atoms. The first-order valence-electron chi connectivity index (χ1n) is 11.3. The second-order valence-electron chi connectivity index (χ2n) is 7.87. The van der Waals surface area contributed by atoms with E-state index in [0.717, 1.165) is 40.3 Å². The summed E-state index contributed by atoms with van der Waals surface area (Å²) < 4.78 is 21.8. The quantitative estimate of drug-likeness (QED) is 0.285. The Kier molecular flexibility index (Phi) is 7.54. The molecule has 0 atom stereocenters. The molecule has 9 nitrogen and oxygen atoms in total. The Balaban J connectivity index is 1.42. The summed E-state index contributed by atoms with van der Waals surface area (Å²) in [7, 11) is 1.32. The van der Waals surface area contributed by atoms with Crippen LogP contribution in [0, 0.1) is 6.92 Å². The number of aromatic amines is 1. The SMILES string of the molecule is CCOc1cc2c(cc1OCCOCCNC(=O)OC)-c1[nH]nc(Nc3cccc(C)c3)c1C2. The van der Waals surface area contributed by atoms with Gasteiger partial charge in [0.05, 0.1) is 32.6 Å². The van der Waals surface area contributed by atoms with Gasteiger partial charge in [-0.05, 0) is 49.2 Å². The van der Waals surface area contributed by atoms with Crippen molar-refractivity contribution in [3.8, 4) is 22.8 Å². The average Bonchev–Trinajstić information content (AvgIpc) is 3.37. The average molecular weight is 467 g/mol. The van der Waals surface area contributed by atoms with Crippen LogP contribution in [0.5, 0.6) is 11.5 Å². The van der Waals surface area contributed by atoms with E-state index < -0.39 is 6.09 Å². The van der Waals surface area contributed by atoms with Gasteiger partial charge in [0.15, 0.2) is 17.3 Å². The number of H-pyrrole nitrogens is 1. The summed E-state index contributed by atoms with van der Waals surface area (Å²) in [5.74, 6) is 2.19. The zero-order valence-electron chi connectivity index (χ0n) is 19.7. The van der Waals surface area contributed by atoms with Gasteiger partial charge >= 0.3 is 6.09 Å². The maximum Gasteiger partial charge on any atom is 0.406 e. The minimum absolute atomic E-state index is 0.354. The van der Waals surface area contributed by atoms with Crippen LogP contribution in [0.1, 0.15) is 23.6 Å². The Labute approximate surface area is 198 Å². The summed E-state index contributed by atoms with van der Waals surface area (Å²) in [4.78, 5) is 11.0. The number of aryl methyl sites for hydroxylation is 1. The molecular formula is C25H30N4O5. The number of carbonyl (C=O) groups is 1. The minimum atomic E-state index is -0.477. The third-order valence-electron chi connectivity index (χ3n) is 5.44. The van der Waals surface area contributed by atoms with E-state index in [2.05, 4.69) is 44.6 Å². The highest BCUT2D eigenvalue weighted by Crippen LogP contribution is 2.44. The number of anilines is 2. The van der Waals surface area contributed by atoms with Crippen molar-refractivity contribution < 1.29 is 23.7 Å². The van der Waals surface area contributed by atoms with Crippen molar-refractivity contribution in [3.63, 3.8) is 0 Å². The van der Waals surface area contributed by atoms with Crippen molar-refractivity contribution in [2.24, 2.45) is 0 Å². The van der Waals surface area contributed by atoms with Gasteiger partial charge in [0, 0.05) is 29.8 Å². The molecule has 1 aliphatic rings. The molecule has 3 N–H and O–H groups in total. The summed E-state index contributed by atoms with van der Waals surface area (Å²) in [6.07, 6.45) is 0.279. The van der Waals surface area contributed by atoms with Crippen LogP contribution in [0.3, 0.4) is 0 Å². The molecule has 1 heterocycles. The van der Waals surface area contributed by atoms with E-state index in [1.165, 1.54) is 12.7 Å². The van der Waals surface area contributed by atoms with Gasteiger partial charge < -0.3 is 29.6 Å². The first-order valence-corrected chi connectivity index (χ1v) is 11.3. The van der Waals surface area contributed by atoms with Crippen molar-refractivity contribution in [1.82, 2.24) is 15.5 Å². The molecule has 0 saturated heterocycles. The fourth-order valence-corrected chi connectivity index (χ4v) is 3.89. The predicted molar refractivity (Wildman–Crippen MR) is 129 cm³/mol. The fraction of sp³-hybridized carbons (Fsp3) is 0.360. The zero-order valence-corrected chi connectivity index (χ0v) is 19.7.